The zero-order chi connectivity index (χ0) is 12.8. The first-order chi connectivity index (χ1) is 8.02. The summed E-state index contributed by atoms with van der Waals surface area (Å²) in [5.74, 6) is 0.802. The molecule has 7 heteroatoms. The second-order valence-electron chi connectivity index (χ2n) is 4.26. The number of rotatable bonds is 7. The first kappa shape index (κ1) is 14.7. The second kappa shape index (κ2) is 7.15. The predicted octanol–water partition coefficient (Wildman–Crippen LogP) is 1.06. The van der Waals surface area contributed by atoms with Gasteiger partial charge in [0, 0.05) is 31.9 Å². The molecule has 1 unspecified atom stereocenters. The van der Waals surface area contributed by atoms with Gasteiger partial charge in [0.15, 0.2) is 4.34 Å². The lowest BCUT2D eigenvalue weighted by atomic mass is 10.3. The van der Waals surface area contributed by atoms with Crippen molar-refractivity contribution in [1.29, 1.82) is 0 Å². The Hall–Kier alpha value is -0.370. The number of hydrogen-bond acceptors (Lipinski definition) is 7. The highest BCUT2D eigenvalue weighted by Crippen LogP contribution is 2.27. The van der Waals surface area contributed by atoms with Gasteiger partial charge in [-0.05, 0) is 0 Å². The van der Waals surface area contributed by atoms with Crippen molar-refractivity contribution in [2.24, 2.45) is 0 Å². The van der Waals surface area contributed by atoms with Gasteiger partial charge < -0.3 is 15.3 Å². The molecule has 1 atom stereocenters. The molecule has 1 rings (SSSR count). The highest BCUT2D eigenvalue weighted by molar-refractivity contribution is 8.01. The molecule has 17 heavy (non-hydrogen) atoms. The van der Waals surface area contributed by atoms with Crippen molar-refractivity contribution in [3.63, 3.8) is 0 Å². The molecular formula is C10H20N4OS2. The molecule has 0 aromatic carbocycles. The van der Waals surface area contributed by atoms with Crippen molar-refractivity contribution in [3.05, 3.63) is 0 Å². The molecule has 2 N–H and O–H groups in total. The molecule has 0 spiro atoms. The van der Waals surface area contributed by atoms with E-state index in [2.05, 4.69) is 29.4 Å². The Labute approximate surface area is 111 Å². The molecule has 0 bridgehead atoms. The van der Waals surface area contributed by atoms with E-state index in [9.17, 15) is 5.11 Å². The minimum atomic E-state index is 0.103. The van der Waals surface area contributed by atoms with Gasteiger partial charge in [-0.1, -0.05) is 36.9 Å². The van der Waals surface area contributed by atoms with Gasteiger partial charge in [0.05, 0.1) is 6.61 Å². The summed E-state index contributed by atoms with van der Waals surface area (Å²) in [6, 6.07) is 0.478. The molecular weight excluding hydrogens is 256 g/mol. The van der Waals surface area contributed by atoms with Crippen molar-refractivity contribution in [3.8, 4) is 0 Å². The van der Waals surface area contributed by atoms with Crippen LogP contribution in [-0.4, -0.2) is 53.8 Å². The second-order valence-corrected chi connectivity index (χ2v) is 6.48. The van der Waals surface area contributed by atoms with Gasteiger partial charge in [-0.2, -0.15) is 0 Å². The standard InChI is InChI=1S/C10H20N4OS2/c1-7(2)11-8(5-15)6-16-10-13-12-9(17-10)14(3)4/h7-8,11,15H,5-6H2,1-4H3. The maximum absolute atomic E-state index is 9.23. The van der Waals surface area contributed by atoms with Crippen LogP contribution in [0.2, 0.25) is 0 Å². The monoisotopic (exact) mass is 276 g/mol. The summed E-state index contributed by atoms with van der Waals surface area (Å²) >= 11 is 3.20. The fraction of sp³-hybridized carbons (Fsp3) is 0.800. The Balaban J connectivity index is 2.42. The number of nitrogens with one attached hydrogen (secondary N) is 1. The van der Waals surface area contributed by atoms with E-state index in [0.29, 0.717) is 6.04 Å². The van der Waals surface area contributed by atoms with E-state index in [1.807, 2.05) is 19.0 Å². The quantitative estimate of drug-likeness (QED) is 0.726. The zero-order valence-corrected chi connectivity index (χ0v) is 12.3. The summed E-state index contributed by atoms with van der Waals surface area (Å²) in [5, 5.41) is 21.6. The molecule has 0 amide bonds. The van der Waals surface area contributed by atoms with Crippen LogP contribution in [0.5, 0.6) is 0 Å². The maximum atomic E-state index is 9.23. The average Bonchev–Trinajstić information content (AvgIpc) is 2.72. The van der Waals surface area contributed by atoms with Crippen LogP contribution >= 0.6 is 23.1 Å². The van der Waals surface area contributed by atoms with Gasteiger partial charge >= 0.3 is 0 Å². The number of anilines is 1. The molecule has 1 heterocycles. The van der Waals surface area contributed by atoms with Crippen molar-refractivity contribution in [1.82, 2.24) is 15.5 Å². The Bertz CT molecular complexity index is 330. The number of aliphatic hydroxyl groups excluding tert-OH is 1. The van der Waals surface area contributed by atoms with Crippen LogP contribution in [0.4, 0.5) is 5.13 Å². The molecule has 0 saturated carbocycles. The van der Waals surface area contributed by atoms with E-state index < -0.39 is 0 Å². The highest BCUT2D eigenvalue weighted by atomic mass is 32.2. The molecule has 1 aromatic rings. The van der Waals surface area contributed by atoms with Gasteiger partial charge in [0.1, 0.15) is 0 Å². The fourth-order valence-electron chi connectivity index (χ4n) is 1.24. The summed E-state index contributed by atoms with van der Waals surface area (Å²) < 4.78 is 0.942. The van der Waals surface area contributed by atoms with Gasteiger partial charge in [-0.25, -0.2) is 0 Å². The lowest BCUT2D eigenvalue weighted by molar-refractivity contribution is 0.247. The number of hydrogen-bond donors (Lipinski definition) is 2. The number of aliphatic hydroxyl groups is 1. The van der Waals surface area contributed by atoms with Crippen molar-refractivity contribution in [2.45, 2.75) is 30.3 Å². The smallest absolute Gasteiger partial charge is 0.208 e. The molecule has 0 radical (unpaired) electrons. The minimum absolute atomic E-state index is 0.103. The first-order valence-corrected chi connectivity index (χ1v) is 7.33. The largest absolute Gasteiger partial charge is 0.395 e. The Kier molecular flexibility index (Phi) is 6.18. The van der Waals surface area contributed by atoms with Gasteiger partial charge in [0.25, 0.3) is 0 Å². The van der Waals surface area contributed by atoms with Gasteiger partial charge in [0.2, 0.25) is 5.13 Å². The number of nitrogens with zero attached hydrogens (tertiary/aromatic N) is 3. The molecule has 0 aliphatic rings. The van der Waals surface area contributed by atoms with Crippen LogP contribution < -0.4 is 10.2 Å². The third kappa shape index (κ3) is 5.20. The summed E-state index contributed by atoms with van der Waals surface area (Å²) in [6.45, 7) is 4.29. The van der Waals surface area contributed by atoms with E-state index in [-0.39, 0.29) is 12.6 Å². The summed E-state index contributed by atoms with van der Waals surface area (Å²) in [6.07, 6.45) is 0. The molecule has 98 valence electrons. The van der Waals surface area contributed by atoms with Crippen molar-refractivity contribution in [2.75, 3.05) is 31.4 Å². The average molecular weight is 276 g/mol. The highest BCUT2D eigenvalue weighted by Gasteiger charge is 2.12. The normalized spacial score (nSPS) is 13.1. The van der Waals surface area contributed by atoms with E-state index in [1.54, 1.807) is 23.1 Å². The minimum Gasteiger partial charge on any atom is -0.395 e. The summed E-state index contributed by atoms with van der Waals surface area (Å²) in [5.41, 5.74) is 0. The SMILES string of the molecule is CC(C)NC(CO)CSc1nnc(N(C)C)s1. The Morgan fingerprint density at radius 1 is 1.41 bits per heavy atom. The Morgan fingerprint density at radius 2 is 2.12 bits per heavy atom. The van der Waals surface area contributed by atoms with E-state index in [4.69, 9.17) is 0 Å². The summed E-state index contributed by atoms with van der Waals surface area (Å²) in [7, 11) is 3.90. The fourth-order valence-corrected chi connectivity index (χ4v) is 3.05. The lowest BCUT2D eigenvalue weighted by Gasteiger charge is -2.17. The zero-order valence-electron chi connectivity index (χ0n) is 10.7. The molecule has 0 saturated heterocycles. The van der Waals surface area contributed by atoms with Crippen LogP contribution in [0.25, 0.3) is 0 Å². The van der Waals surface area contributed by atoms with Gasteiger partial charge in [-0.3, -0.25) is 0 Å². The van der Waals surface area contributed by atoms with Crippen LogP contribution in [0.1, 0.15) is 13.8 Å². The lowest BCUT2D eigenvalue weighted by Crippen LogP contribution is -2.39. The predicted molar refractivity (Wildman–Crippen MR) is 74.1 cm³/mol. The van der Waals surface area contributed by atoms with Crippen LogP contribution in [0, 0.1) is 0 Å². The van der Waals surface area contributed by atoms with Crippen LogP contribution in [0.3, 0.4) is 0 Å². The Morgan fingerprint density at radius 3 is 2.59 bits per heavy atom. The van der Waals surface area contributed by atoms with Crippen molar-refractivity contribution >= 4 is 28.2 Å². The maximum Gasteiger partial charge on any atom is 0.208 e. The van der Waals surface area contributed by atoms with Crippen LogP contribution in [-0.2, 0) is 0 Å². The molecule has 5 nitrogen and oxygen atoms in total. The van der Waals surface area contributed by atoms with E-state index in [1.165, 1.54) is 0 Å². The van der Waals surface area contributed by atoms with E-state index in [0.717, 1.165) is 15.2 Å². The van der Waals surface area contributed by atoms with E-state index >= 15 is 0 Å². The first-order valence-electron chi connectivity index (χ1n) is 5.53. The number of aromatic nitrogens is 2. The van der Waals surface area contributed by atoms with Gasteiger partial charge in [-0.15, -0.1) is 10.2 Å². The van der Waals surface area contributed by atoms with Crippen LogP contribution in [0.15, 0.2) is 4.34 Å². The third-order valence-corrected chi connectivity index (χ3v) is 4.36. The third-order valence-electron chi connectivity index (χ3n) is 1.98. The molecule has 0 aliphatic carbocycles. The molecule has 1 aromatic heterocycles. The number of thioether (sulfide) groups is 1. The topological polar surface area (TPSA) is 61.3 Å². The molecule has 0 aliphatic heterocycles. The van der Waals surface area contributed by atoms with Crippen molar-refractivity contribution < 1.29 is 5.11 Å². The summed E-state index contributed by atoms with van der Waals surface area (Å²) in [4.78, 5) is 1.94. The molecule has 0 fully saturated rings.